The molecule has 1 atom stereocenters. The first kappa shape index (κ1) is 15.2. The molecule has 0 saturated carbocycles. The van der Waals surface area contributed by atoms with Crippen molar-refractivity contribution < 1.29 is 14.3 Å². The van der Waals surface area contributed by atoms with Gasteiger partial charge in [0.2, 0.25) is 5.91 Å². The number of esters is 1. The number of piperidine rings is 1. The van der Waals surface area contributed by atoms with Crippen LogP contribution >= 0.6 is 11.6 Å². The molecule has 1 unspecified atom stereocenters. The molecule has 2 heterocycles. The third kappa shape index (κ3) is 3.19. The van der Waals surface area contributed by atoms with Gasteiger partial charge < -0.3 is 14.5 Å². The van der Waals surface area contributed by atoms with E-state index in [1.165, 1.54) is 0 Å². The minimum absolute atomic E-state index is 0.0483. The quantitative estimate of drug-likeness (QED) is 0.619. The van der Waals surface area contributed by atoms with E-state index in [1.54, 1.807) is 23.1 Å². The van der Waals surface area contributed by atoms with Gasteiger partial charge in [0, 0.05) is 18.1 Å². The van der Waals surface area contributed by atoms with Crippen LogP contribution < -0.4 is 9.64 Å². The van der Waals surface area contributed by atoms with Crippen molar-refractivity contribution >= 4 is 29.2 Å². The minimum Gasteiger partial charge on any atom is -0.423 e. The lowest BCUT2D eigenvalue weighted by molar-refractivity contribution is -0.134. The van der Waals surface area contributed by atoms with Gasteiger partial charge in [0.15, 0.2) is 5.75 Å². The van der Waals surface area contributed by atoms with Crippen LogP contribution in [0.2, 0.25) is 5.02 Å². The Balaban J connectivity index is 1.76. The Morgan fingerprint density at radius 3 is 3.05 bits per heavy atom. The molecule has 0 spiro atoms. The van der Waals surface area contributed by atoms with Crippen LogP contribution in [-0.2, 0) is 9.59 Å². The molecule has 22 heavy (non-hydrogen) atoms. The molecule has 1 saturated heterocycles. The van der Waals surface area contributed by atoms with Gasteiger partial charge in [-0.05, 0) is 37.0 Å². The molecule has 3 rings (SSSR count). The molecule has 0 aliphatic carbocycles. The number of carbonyl (C=O) groups excluding carboxylic acids is 2. The lowest BCUT2D eigenvalue weighted by Crippen LogP contribution is -2.47. The number of likely N-dealkylation sites (tertiary alicyclic amines) is 1. The van der Waals surface area contributed by atoms with Gasteiger partial charge in [0.25, 0.3) is 0 Å². The van der Waals surface area contributed by atoms with Gasteiger partial charge in [-0.3, -0.25) is 4.79 Å². The van der Waals surface area contributed by atoms with Crippen molar-refractivity contribution in [3.05, 3.63) is 23.2 Å². The fourth-order valence-corrected chi connectivity index (χ4v) is 3.21. The van der Waals surface area contributed by atoms with E-state index in [0.29, 0.717) is 22.4 Å². The van der Waals surface area contributed by atoms with Crippen molar-refractivity contribution in [3.63, 3.8) is 0 Å². The summed E-state index contributed by atoms with van der Waals surface area (Å²) < 4.78 is 5.20. The predicted molar refractivity (Wildman–Crippen MR) is 84.3 cm³/mol. The molecular formula is C16H19ClN2O3. The zero-order valence-corrected chi connectivity index (χ0v) is 13.3. The summed E-state index contributed by atoms with van der Waals surface area (Å²) in [7, 11) is 0. The number of halogens is 1. The molecule has 118 valence electrons. The van der Waals surface area contributed by atoms with Crippen LogP contribution in [0.4, 0.5) is 5.69 Å². The Hall–Kier alpha value is -1.75. The van der Waals surface area contributed by atoms with E-state index in [-0.39, 0.29) is 25.0 Å². The second-order valence-electron chi connectivity index (χ2n) is 6.03. The Bertz CT molecular complexity index is 605. The number of fused-ring (bicyclic) bond motifs is 1. The first-order chi connectivity index (χ1) is 10.5. The summed E-state index contributed by atoms with van der Waals surface area (Å²) in [6.07, 6.45) is 2.20. The largest absolute Gasteiger partial charge is 0.423 e. The van der Waals surface area contributed by atoms with E-state index >= 15 is 0 Å². The summed E-state index contributed by atoms with van der Waals surface area (Å²) in [6, 6.07) is 5.07. The van der Waals surface area contributed by atoms with Crippen molar-refractivity contribution in [1.29, 1.82) is 0 Å². The fraction of sp³-hybridized carbons (Fsp3) is 0.500. The SMILES string of the molecule is CC1CCCN(C(=O)CN2CC(=O)Oc3ccc(Cl)cc32)C1. The van der Waals surface area contributed by atoms with Gasteiger partial charge >= 0.3 is 5.97 Å². The van der Waals surface area contributed by atoms with Crippen LogP contribution in [0.3, 0.4) is 0 Å². The van der Waals surface area contributed by atoms with Gasteiger partial charge in [-0.2, -0.15) is 0 Å². The Morgan fingerprint density at radius 1 is 1.45 bits per heavy atom. The zero-order valence-electron chi connectivity index (χ0n) is 12.5. The number of amides is 1. The van der Waals surface area contributed by atoms with Crippen molar-refractivity contribution in [3.8, 4) is 5.75 Å². The molecule has 0 aromatic heterocycles. The van der Waals surface area contributed by atoms with E-state index in [1.807, 2.05) is 4.90 Å². The molecule has 1 amide bonds. The van der Waals surface area contributed by atoms with E-state index < -0.39 is 0 Å². The highest BCUT2D eigenvalue weighted by Crippen LogP contribution is 2.34. The summed E-state index contributed by atoms with van der Waals surface area (Å²) in [5.74, 6) is 0.688. The average molecular weight is 323 g/mol. The van der Waals surface area contributed by atoms with Crippen LogP contribution in [0.25, 0.3) is 0 Å². The number of rotatable bonds is 2. The second-order valence-corrected chi connectivity index (χ2v) is 6.47. The Labute approximate surface area is 134 Å². The molecule has 1 aromatic rings. The molecule has 2 aliphatic rings. The highest BCUT2D eigenvalue weighted by molar-refractivity contribution is 6.31. The van der Waals surface area contributed by atoms with E-state index in [0.717, 1.165) is 25.9 Å². The van der Waals surface area contributed by atoms with Crippen LogP contribution in [0.5, 0.6) is 5.75 Å². The number of carbonyl (C=O) groups is 2. The summed E-state index contributed by atoms with van der Waals surface area (Å²) in [4.78, 5) is 27.9. The maximum absolute atomic E-state index is 12.5. The van der Waals surface area contributed by atoms with Crippen LogP contribution in [0.1, 0.15) is 19.8 Å². The normalized spacial score (nSPS) is 21.4. The maximum atomic E-state index is 12.5. The van der Waals surface area contributed by atoms with Gasteiger partial charge in [-0.25, -0.2) is 4.79 Å². The van der Waals surface area contributed by atoms with Gasteiger partial charge in [0.1, 0.15) is 6.54 Å². The monoisotopic (exact) mass is 322 g/mol. The van der Waals surface area contributed by atoms with Crippen LogP contribution in [0, 0.1) is 5.92 Å². The zero-order chi connectivity index (χ0) is 15.7. The molecule has 5 nitrogen and oxygen atoms in total. The number of ether oxygens (including phenoxy) is 1. The third-order valence-electron chi connectivity index (χ3n) is 4.14. The lowest BCUT2D eigenvalue weighted by Gasteiger charge is -2.34. The topological polar surface area (TPSA) is 49.9 Å². The van der Waals surface area contributed by atoms with Crippen LogP contribution in [0.15, 0.2) is 18.2 Å². The van der Waals surface area contributed by atoms with E-state index in [4.69, 9.17) is 16.3 Å². The Morgan fingerprint density at radius 2 is 2.27 bits per heavy atom. The summed E-state index contributed by atoms with van der Waals surface area (Å²) in [5, 5.41) is 0.556. The average Bonchev–Trinajstić information content (AvgIpc) is 2.48. The number of anilines is 1. The Kier molecular flexibility index (Phi) is 4.25. The maximum Gasteiger partial charge on any atom is 0.331 e. The van der Waals surface area contributed by atoms with Crippen molar-refractivity contribution in [2.75, 3.05) is 31.1 Å². The first-order valence-electron chi connectivity index (χ1n) is 7.56. The second kappa shape index (κ2) is 6.16. The fourth-order valence-electron chi connectivity index (χ4n) is 3.04. The number of hydrogen-bond acceptors (Lipinski definition) is 4. The van der Waals surface area contributed by atoms with E-state index in [2.05, 4.69) is 6.92 Å². The molecule has 0 N–H and O–H groups in total. The van der Waals surface area contributed by atoms with Gasteiger partial charge in [-0.1, -0.05) is 18.5 Å². The van der Waals surface area contributed by atoms with E-state index in [9.17, 15) is 9.59 Å². The standard InChI is InChI=1S/C16H19ClN2O3/c1-11-3-2-6-18(8-11)15(20)9-19-10-16(21)22-14-5-4-12(17)7-13(14)19/h4-5,7,11H,2-3,6,8-10H2,1H3. The highest BCUT2D eigenvalue weighted by atomic mass is 35.5. The van der Waals surface area contributed by atoms with Gasteiger partial charge in [0.05, 0.1) is 12.2 Å². The molecule has 6 heteroatoms. The highest BCUT2D eigenvalue weighted by Gasteiger charge is 2.28. The van der Waals surface area contributed by atoms with Crippen molar-refractivity contribution in [2.24, 2.45) is 5.92 Å². The number of benzene rings is 1. The smallest absolute Gasteiger partial charge is 0.331 e. The third-order valence-corrected chi connectivity index (χ3v) is 4.38. The number of nitrogens with zero attached hydrogens (tertiary/aromatic N) is 2. The minimum atomic E-state index is -0.352. The summed E-state index contributed by atoms with van der Waals surface area (Å²) in [5.41, 5.74) is 0.700. The summed E-state index contributed by atoms with van der Waals surface area (Å²) >= 11 is 6.02. The predicted octanol–water partition coefficient (Wildman–Crippen LogP) is 2.32. The molecule has 0 bridgehead atoms. The summed E-state index contributed by atoms with van der Waals surface area (Å²) in [6.45, 7) is 3.99. The van der Waals surface area contributed by atoms with Crippen LogP contribution in [-0.4, -0.2) is 43.0 Å². The van der Waals surface area contributed by atoms with Crippen molar-refractivity contribution in [2.45, 2.75) is 19.8 Å². The van der Waals surface area contributed by atoms with Crippen molar-refractivity contribution in [1.82, 2.24) is 4.90 Å². The van der Waals surface area contributed by atoms with Gasteiger partial charge in [-0.15, -0.1) is 0 Å². The first-order valence-corrected chi connectivity index (χ1v) is 7.93. The molecule has 2 aliphatic heterocycles. The molecule has 1 fully saturated rings. The molecule has 0 radical (unpaired) electrons. The molecule has 1 aromatic carbocycles. The number of hydrogen-bond donors (Lipinski definition) is 0. The molecular weight excluding hydrogens is 304 g/mol. The lowest BCUT2D eigenvalue weighted by atomic mass is 10.0.